The highest BCUT2D eigenvalue weighted by atomic mass is 16.5. The molecule has 0 saturated heterocycles. The summed E-state index contributed by atoms with van der Waals surface area (Å²) in [5.74, 6) is 0.174. The van der Waals surface area contributed by atoms with Crippen molar-refractivity contribution in [2.24, 2.45) is 5.92 Å². The van der Waals surface area contributed by atoms with Gasteiger partial charge in [-0.05, 0) is 51.6 Å². The molecule has 0 fully saturated rings. The molecule has 0 aliphatic rings. The molecule has 0 rings (SSSR count). The molecule has 28 heavy (non-hydrogen) atoms. The molecule has 4 nitrogen and oxygen atoms in total. The van der Waals surface area contributed by atoms with Crippen molar-refractivity contribution >= 4 is 5.97 Å². The van der Waals surface area contributed by atoms with Crippen LogP contribution < -0.4 is 5.32 Å². The van der Waals surface area contributed by atoms with E-state index in [9.17, 15) is 4.79 Å². The number of esters is 1. The molecular formula is C24H49NO3. The van der Waals surface area contributed by atoms with Crippen LogP contribution in [0.15, 0.2) is 0 Å². The Balaban J connectivity index is 3.75. The van der Waals surface area contributed by atoms with E-state index in [-0.39, 0.29) is 11.9 Å². The fourth-order valence-corrected chi connectivity index (χ4v) is 3.50. The van der Waals surface area contributed by atoms with E-state index in [0.29, 0.717) is 13.2 Å². The summed E-state index contributed by atoms with van der Waals surface area (Å²) in [7, 11) is 0. The topological polar surface area (TPSA) is 58.6 Å². The molecule has 0 radical (unpaired) electrons. The average molecular weight is 400 g/mol. The molecule has 1 atom stereocenters. The standard InChI is InChI=1S/C24H49NO3/c1-3-5-7-8-12-18-23(17-11-6-4-2)24(27)28-22-16-10-9-13-19-25-20-14-15-21-26/h23,25-26H,3-22H2,1-2H3. The second kappa shape index (κ2) is 22.7. The summed E-state index contributed by atoms with van der Waals surface area (Å²) >= 11 is 0. The van der Waals surface area contributed by atoms with E-state index in [1.165, 1.54) is 51.4 Å². The highest BCUT2D eigenvalue weighted by Gasteiger charge is 2.19. The van der Waals surface area contributed by atoms with Gasteiger partial charge in [-0.2, -0.15) is 0 Å². The van der Waals surface area contributed by atoms with E-state index < -0.39 is 0 Å². The average Bonchev–Trinajstić information content (AvgIpc) is 2.70. The molecule has 4 heteroatoms. The summed E-state index contributed by atoms with van der Waals surface area (Å²) in [5, 5.41) is 12.1. The molecule has 0 bridgehead atoms. The van der Waals surface area contributed by atoms with Crippen molar-refractivity contribution in [1.29, 1.82) is 0 Å². The summed E-state index contributed by atoms with van der Waals surface area (Å²) in [6.07, 6.45) is 18.3. The van der Waals surface area contributed by atoms with E-state index in [1.54, 1.807) is 0 Å². The Labute approximate surface area is 175 Å². The first-order valence-corrected chi connectivity index (χ1v) is 12.2. The third kappa shape index (κ3) is 18.7. The molecule has 168 valence electrons. The summed E-state index contributed by atoms with van der Waals surface area (Å²) in [6.45, 7) is 7.36. The van der Waals surface area contributed by atoms with E-state index in [2.05, 4.69) is 19.2 Å². The number of unbranched alkanes of at least 4 members (excludes halogenated alkanes) is 10. The number of carbonyl (C=O) groups is 1. The second-order valence-corrected chi connectivity index (χ2v) is 8.16. The number of ether oxygens (including phenoxy) is 1. The van der Waals surface area contributed by atoms with E-state index in [4.69, 9.17) is 9.84 Å². The summed E-state index contributed by atoms with van der Waals surface area (Å²) in [5.41, 5.74) is 0. The Kier molecular flexibility index (Phi) is 22.2. The van der Waals surface area contributed by atoms with Crippen molar-refractivity contribution in [3.8, 4) is 0 Å². The number of nitrogens with one attached hydrogen (secondary N) is 1. The molecule has 0 saturated carbocycles. The first-order chi connectivity index (χ1) is 13.8. The molecule has 0 amide bonds. The number of aliphatic hydroxyl groups excluding tert-OH is 1. The maximum atomic E-state index is 12.5. The van der Waals surface area contributed by atoms with E-state index >= 15 is 0 Å². The van der Waals surface area contributed by atoms with Crippen LogP contribution in [-0.4, -0.2) is 37.4 Å². The maximum Gasteiger partial charge on any atom is 0.308 e. The van der Waals surface area contributed by atoms with Crippen molar-refractivity contribution in [2.45, 2.75) is 117 Å². The number of hydrogen-bond acceptors (Lipinski definition) is 4. The number of aliphatic hydroxyl groups is 1. The van der Waals surface area contributed by atoms with Gasteiger partial charge >= 0.3 is 5.97 Å². The molecule has 0 aromatic heterocycles. The van der Waals surface area contributed by atoms with Gasteiger partial charge < -0.3 is 15.2 Å². The van der Waals surface area contributed by atoms with Crippen LogP contribution in [0.2, 0.25) is 0 Å². The highest BCUT2D eigenvalue weighted by Crippen LogP contribution is 2.20. The van der Waals surface area contributed by atoms with Gasteiger partial charge in [0.05, 0.1) is 12.5 Å². The van der Waals surface area contributed by atoms with Gasteiger partial charge in [-0.3, -0.25) is 4.79 Å². The molecule has 0 spiro atoms. The minimum atomic E-state index is 0.0529. The lowest BCUT2D eigenvalue weighted by Gasteiger charge is -2.16. The van der Waals surface area contributed by atoms with Crippen molar-refractivity contribution in [3.05, 3.63) is 0 Å². The summed E-state index contributed by atoms with van der Waals surface area (Å²) in [6, 6.07) is 0. The third-order valence-electron chi connectivity index (χ3n) is 5.40. The van der Waals surface area contributed by atoms with Gasteiger partial charge in [0, 0.05) is 6.61 Å². The van der Waals surface area contributed by atoms with Gasteiger partial charge in [0.25, 0.3) is 0 Å². The van der Waals surface area contributed by atoms with Crippen LogP contribution in [-0.2, 0) is 9.53 Å². The predicted octanol–water partition coefficient (Wildman–Crippen LogP) is 6.01. The van der Waals surface area contributed by atoms with Gasteiger partial charge in [-0.1, -0.05) is 78.1 Å². The predicted molar refractivity (Wildman–Crippen MR) is 120 cm³/mol. The molecule has 0 aliphatic heterocycles. The van der Waals surface area contributed by atoms with Gasteiger partial charge in [0.15, 0.2) is 0 Å². The zero-order valence-corrected chi connectivity index (χ0v) is 19.0. The molecule has 0 aromatic rings. The zero-order valence-electron chi connectivity index (χ0n) is 19.0. The first kappa shape index (κ1) is 27.4. The Bertz CT molecular complexity index is 323. The van der Waals surface area contributed by atoms with Crippen molar-refractivity contribution in [1.82, 2.24) is 5.32 Å². The fraction of sp³-hybridized carbons (Fsp3) is 0.958. The minimum Gasteiger partial charge on any atom is -0.465 e. The highest BCUT2D eigenvalue weighted by molar-refractivity contribution is 5.72. The monoisotopic (exact) mass is 399 g/mol. The Morgan fingerprint density at radius 1 is 0.750 bits per heavy atom. The lowest BCUT2D eigenvalue weighted by molar-refractivity contribution is -0.149. The number of rotatable bonds is 22. The van der Waals surface area contributed by atoms with Crippen LogP contribution in [0.4, 0.5) is 0 Å². The van der Waals surface area contributed by atoms with Gasteiger partial charge in [-0.25, -0.2) is 0 Å². The normalized spacial score (nSPS) is 12.2. The largest absolute Gasteiger partial charge is 0.465 e. The molecule has 0 aromatic carbocycles. The number of hydrogen-bond donors (Lipinski definition) is 2. The lowest BCUT2D eigenvalue weighted by Crippen LogP contribution is -2.19. The Morgan fingerprint density at radius 3 is 1.96 bits per heavy atom. The first-order valence-electron chi connectivity index (χ1n) is 12.2. The Hall–Kier alpha value is -0.610. The van der Waals surface area contributed by atoms with Crippen LogP contribution in [0.1, 0.15) is 117 Å². The molecular weight excluding hydrogens is 350 g/mol. The molecule has 2 N–H and O–H groups in total. The second-order valence-electron chi connectivity index (χ2n) is 8.16. The minimum absolute atomic E-state index is 0.0529. The number of carbonyl (C=O) groups excluding carboxylic acids is 1. The fourth-order valence-electron chi connectivity index (χ4n) is 3.50. The van der Waals surface area contributed by atoms with Crippen LogP contribution >= 0.6 is 0 Å². The van der Waals surface area contributed by atoms with Crippen molar-refractivity contribution < 1.29 is 14.6 Å². The zero-order chi connectivity index (χ0) is 20.7. The van der Waals surface area contributed by atoms with E-state index in [0.717, 1.165) is 64.5 Å². The smallest absolute Gasteiger partial charge is 0.308 e. The van der Waals surface area contributed by atoms with Crippen LogP contribution in [0, 0.1) is 5.92 Å². The maximum absolute atomic E-state index is 12.5. The molecule has 0 aliphatic carbocycles. The SMILES string of the molecule is CCCCCCCC(CCCCC)C(=O)OCCCCCCNCCCCO. The van der Waals surface area contributed by atoms with Crippen LogP contribution in [0.3, 0.4) is 0 Å². The Morgan fingerprint density at radius 2 is 1.29 bits per heavy atom. The van der Waals surface area contributed by atoms with Gasteiger partial charge in [0.1, 0.15) is 0 Å². The van der Waals surface area contributed by atoms with Gasteiger partial charge in [-0.15, -0.1) is 0 Å². The molecule has 0 heterocycles. The lowest BCUT2D eigenvalue weighted by atomic mass is 9.94. The van der Waals surface area contributed by atoms with E-state index in [1.807, 2.05) is 0 Å². The van der Waals surface area contributed by atoms with Crippen LogP contribution in [0.5, 0.6) is 0 Å². The van der Waals surface area contributed by atoms with Crippen molar-refractivity contribution in [2.75, 3.05) is 26.3 Å². The van der Waals surface area contributed by atoms with Crippen LogP contribution in [0.25, 0.3) is 0 Å². The summed E-state index contributed by atoms with van der Waals surface area (Å²) in [4.78, 5) is 12.5. The third-order valence-corrected chi connectivity index (χ3v) is 5.40. The summed E-state index contributed by atoms with van der Waals surface area (Å²) < 4.78 is 5.61. The molecule has 1 unspecified atom stereocenters. The van der Waals surface area contributed by atoms with Gasteiger partial charge in [0.2, 0.25) is 0 Å². The van der Waals surface area contributed by atoms with Crippen molar-refractivity contribution in [3.63, 3.8) is 0 Å². The quantitative estimate of drug-likeness (QED) is 0.173.